The van der Waals surface area contributed by atoms with E-state index in [1.807, 2.05) is 0 Å². The second-order valence-electron chi connectivity index (χ2n) is 6.09. The number of hydrogen-bond donors (Lipinski definition) is 1. The Morgan fingerprint density at radius 3 is 2.15 bits per heavy atom. The highest BCUT2D eigenvalue weighted by molar-refractivity contribution is 5.01. The van der Waals surface area contributed by atoms with E-state index in [2.05, 4.69) is 26.1 Å². The molecule has 2 aliphatic carbocycles. The lowest BCUT2D eigenvalue weighted by molar-refractivity contribution is 0.0893. The molecule has 2 aliphatic rings. The van der Waals surface area contributed by atoms with Gasteiger partial charge in [-0.25, -0.2) is 0 Å². The molecule has 0 aromatic rings. The van der Waals surface area contributed by atoms with Gasteiger partial charge in [0.15, 0.2) is 0 Å². The van der Waals surface area contributed by atoms with Crippen molar-refractivity contribution < 1.29 is 0 Å². The van der Waals surface area contributed by atoms with Crippen molar-refractivity contribution in [3.8, 4) is 0 Å². The summed E-state index contributed by atoms with van der Waals surface area (Å²) >= 11 is 0. The SMILES string of the molecule is CC(C)(C)NCC1(C2CC2)CCC1. The molecule has 0 heterocycles. The van der Waals surface area contributed by atoms with Crippen LogP contribution in [0.15, 0.2) is 0 Å². The quantitative estimate of drug-likeness (QED) is 0.706. The molecule has 0 aromatic carbocycles. The molecule has 13 heavy (non-hydrogen) atoms. The Labute approximate surface area is 82.3 Å². The van der Waals surface area contributed by atoms with Crippen molar-refractivity contribution in [2.45, 2.75) is 58.4 Å². The van der Waals surface area contributed by atoms with Gasteiger partial charge >= 0.3 is 0 Å². The summed E-state index contributed by atoms with van der Waals surface area (Å²) in [5.41, 5.74) is 1.03. The minimum Gasteiger partial charge on any atom is -0.312 e. The molecule has 0 bridgehead atoms. The van der Waals surface area contributed by atoms with Gasteiger partial charge in [0.25, 0.3) is 0 Å². The molecule has 0 atom stereocenters. The Bertz CT molecular complexity index is 182. The Balaban J connectivity index is 1.84. The fraction of sp³-hybridized carbons (Fsp3) is 1.00. The van der Waals surface area contributed by atoms with Crippen molar-refractivity contribution >= 4 is 0 Å². The Morgan fingerprint density at radius 1 is 1.23 bits per heavy atom. The molecule has 0 aliphatic heterocycles. The summed E-state index contributed by atoms with van der Waals surface area (Å²) in [6.45, 7) is 8.08. The number of rotatable bonds is 3. The average Bonchev–Trinajstić information content (AvgIpc) is 2.65. The third-order valence-electron chi connectivity index (χ3n) is 3.76. The molecule has 0 aromatic heterocycles. The first-order valence-corrected chi connectivity index (χ1v) is 5.77. The van der Waals surface area contributed by atoms with E-state index in [-0.39, 0.29) is 0 Å². The summed E-state index contributed by atoms with van der Waals surface area (Å²) < 4.78 is 0. The van der Waals surface area contributed by atoms with Gasteiger partial charge in [-0.05, 0) is 57.8 Å². The van der Waals surface area contributed by atoms with Crippen LogP contribution in [0.5, 0.6) is 0 Å². The van der Waals surface area contributed by atoms with Gasteiger partial charge in [0.2, 0.25) is 0 Å². The summed E-state index contributed by atoms with van der Waals surface area (Å²) in [5.74, 6) is 1.08. The largest absolute Gasteiger partial charge is 0.312 e. The molecule has 1 heteroatoms. The van der Waals surface area contributed by atoms with Crippen molar-refractivity contribution in [1.82, 2.24) is 5.32 Å². The zero-order chi connectivity index (χ0) is 9.53. The normalized spacial score (nSPS) is 27.0. The van der Waals surface area contributed by atoms with Gasteiger partial charge in [0.1, 0.15) is 0 Å². The first-order valence-electron chi connectivity index (χ1n) is 5.77. The smallest absolute Gasteiger partial charge is 0.00967 e. The lowest BCUT2D eigenvalue weighted by Crippen LogP contribution is -2.48. The molecule has 2 saturated carbocycles. The maximum absolute atomic E-state index is 3.69. The van der Waals surface area contributed by atoms with Crippen molar-refractivity contribution in [3.63, 3.8) is 0 Å². The highest BCUT2D eigenvalue weighted by atomic mass is 15.0. The van der Waals surface area contributed by atoms with Crippen LogP contribution in [0, 0.1) is 11.3 Å². The van der Waals surface area contributed by atoms with Gasteiger partial charge in [-0.3, -0.25) is 0 Å². The maximum atomic E-state index is 3.69. The Morgan fingerprint density at radius 2 is 1.85 bits per heavy atom. The minimum atomic E-state index is 0.303. The van der Waals surface area contributed by atoms with Crippen LogP contribution in [0.2, 0.25) is 0 Å². The third kappa shape index (κ3) is 2.07. The minimum absolute atomic E-state index is 0.303. The highest BCUT2D eigenvalue weighted by Gasteiger charge is 2.48. The molecule has 2 rings (SSSR count). The molecule has 0 radical (unpaired) electrons. The van der Waals surface area contributed by atoms with E-state index < -0.39 is 0 Å². The van der Waals surface area contributed by atoms with Crippen LogP contribution in [-0.4, -0.2) is 12.1 Å². The summed E-state index contributed by atoms with van der Waals surface area (Å²) in [5, 5.41) is 3.69. The van der Waals surface area contributed by atoms with Crippen LogP contribution in [0.25, 0.3) is 0 Å². The van der Waals surface area contributed by atoms with Crippen LogP contribution in [-0.2, 0) is 0 Å². The van der Waals surface area contributed by atoms with Crippen molar-refractivity contribution in [2.75, 3.05) is 6.54 Å². The maximum Gasteiger partial charge on any atom is 0.00967 e. The molecule has 1 nitrogen and oxygen atoms in total. The van der Waals surface area contributed by atoms with Gasteiger partial charge in [0, 0.05) is 12.1 Å². The predicted molar refractivity (Wildman–Crippen MR) is 56.8 cm³/mol. The Hall–Kier alpha value is -0.0400. The zero-order valence-electron chi connectivity index (χ0n) is 9.32. The standard InChI is InChI=1S/C12H23N/c1-11(2,3)13-9-12(7-4-8-12)10-5-6-10/h10,13H,4-9H2,1-3H3. The van der Waals surface area contributed by atoms with E-state index in [9.17, 15) is 0 Å². The van der Waals surface area contributed by atoms with E-state index in [0.29, 0.717) is 5.54 Å². The summed E-state index contributed by atoms with van der Waals surface area (Å²) in [7, 11) is 0. The molecular weight excluding hydrogens is 158 g/mol. The van der Waals surface area contributed by atoms with Crippen LogP contribution in [0.4, 0.5) is 0 Å². The fourth-order valence-corrected chi connectivity index (χ4v) is 2.50. The van der Waals surface area contributed by atoms with Crippen molar-refractivity contribution in [3.05, 3.63) is 0 Å². The van der Waals surface area contributed by atoms with E-state index in [1.54, 1.807) is 0 Å². The average molecular weight is 181 g/mol. The predicted octanol–water partition coefficient (Wildman–Crippen LogP) is 2.95. The van der Waals surface area contributed by atoms with Crippen molar-refractivity contribution in [2.24, 2.45) is 11.3 Å². The van der Waals surface area contributed by atoms with Gasteiger partial charge in [-0.2, -0.15) is 0 Å². The summed E-state index contributed by atoms with van der Waals surface area (Å²) in [4.78, 5) is 0. The molecule has 0 amide bonds. The molecule has 2 fully saturated rings. The molecule has 76 valence electrons. The van der Waals surface area contributed by atoms with E-state index in [1.165, 1.54) is 38.6 Å². The van der Waals surface area contributed by atoms with Gasteiger partial charge < -0.3 is 5.32 Å². The fourth-order valence-electron chi connectivity index (χ4n) is 2.50. The first kappa shape index (κ1) is 9.51. The lowest BCUT2D eigenvalue weighted by Gasteiger charge is -2.44. The zero-order valence-corrected chi connectivity index (χ0v) is 9.32. The van der Waals surface area contributed by atoms with E-state index in [0.717, 1.165) is 11.3 Å². The number of hydrogen-bond acceptors (Lipinski definition) is 1. The van der Waals surface area contributed by atoms with Crippen molar-refractivity contribution in [1.29, 1.82) is 0 Å². The summed E-state index contributed by atoms with van der Waals surface area (Å²) in [6, 6.07) is 0. The molecule has 1 N–H and O–H groups in total. The second-order valence-corrected chi connectivity index (χ2v) is 6.09. The third-order valence-corrected chi connectivity index (χ3v) is 3.76. The van der Waals surface area contributed by atoms with E-state index in [4.69, 9.17) is 0 Å². The molecule has 0 spiro atoms. The van der Waals surface area contributed by atoms with Crippen LogP contribution >= 0.6 is 0 Å². The van der Waals surface area contributed by atoms with Crippen LogP contribution in [0.3, 0.4) is 0 Å². The van der Waals surface area contributed by atoms with Gasteiger partial charge in [-0.15, -0.1) is 0 Å². The molecular formula is C12H23N. The van der Waals surface area contributed by atoms with Gasteiger partial charge in [-0.1, -0.05) is 6.42 Å². The summed E-state index contributed by atoms with van der Waals surface area (Å²) in [6.07, 6.45) is 7.46. The van der Waals surface area contributed by atoms with Gasteiger partial charge in [0.05, 0.1) is 0 Å². The Kier molecular flexibility index (Phi) is 2.18. The van der Waals surface area contributed by atoms with E-state index >= 15 is 0 Å². The lowest BCUT2D eigenvalue weighted by atomic mass is 9.65. The van der Waals surface area contributed by atoms with Crippen LogP contribution in [0.1, 0.15) is 52.9 Å². The first-order chi connectivity index (χ1) is 6.02. The second kappa shape index (κ2) is 2.98. The van der Waals surface area contributed by atoms with Crippen LogP contribution < -0.4 is 5.32 Å². The molecule has 0 saturated heterocycles. The molecule has 0 unspecified atom stereocenters. The highest BCUT2D eigenvalue weighted by Crippen LogP contribution is 2.56. The topological polar surface area (TPSA) is 12.0 Å². The monoisotopic (exact) mass is 181 g/mol. The number of nitrogens with one attached hydrogen (secondary N) is 1.